The maximum Gasteiger partial charge on any atom is 0.122 e. The molecule has 0 amide bonds. The molecule has 2 aromatic carbocycles. The Kier molecular flexibility index (Phi) is 5.77. The minimum atomic E-state index is -0.0591. The van der Waals surface area contributed by atoms with Gasteiger partial charge in [-0.25, -0.2) is 0 Å². The second-order valence-electron chi connectivity index (χ2n) is 6.86. The maximum atomic E-state index is 9.60. The van der Waals surface area contributed by atoms with Gasteiger partial charge in [-0.2, -0.15) is 0 Å². The Morgan fingerprint density at radius 1 is 1.08 bits per heavy atom. The molecule has 4 nitrogen and oxygen atoms in total. The van der Waals surface area contributed by atoms with Crippen LogP contribution < -0.4 is 10.1 Å². The number of ether oxygens (including phenoxy) is 1. The van der Waals surface area contributed by atoms with Crippen molar-refractivity contribution in [2.45, 2.75) is 39.5 Å². The van der Waals surface area contributed by atoms with E-state index in [1.54, 1.807) is 7.11 Å². The van der Waals surface area contributed by atoms with E-state index in [1.807, 2.05) is 19.1 Å². The number of nitrogens with one attached hydrogen (secondary N) is 1. The van der Waals surface area contributed by atoms with Crippen molar-refractivity contribution in [1.29, 1.82) is 0 Å². The van der Waals surface area contributed by atoms with Crippen LogP contribution in [0.15, 0.2) is 30.3 Å². The van der Waals surface area contributed by atoms with Crippen LogP contribution in [0.4, 0.5) is 0 Å². The first-order valence-electron chi connectivity index (χ1n) is 9.00. The molecule has 0 bridgehead atoms. The van der Waals surface area contributed by atoms with Crippen LogP contribution in [-0.4, -0.2) is 23.9 Å². The maximum absolute atomic E-state index is 9.60. The van der Waals surface area contributed by atoms with Crippen molar-refractivity contribution in [3.8, 4) is 5.75 Å². The number of hydrogen-bond acceptors (Lipinski definition) is 4. The second kappa shape index (κ2) is 8.04. The fourth-order valence-electron chi connectivity index (χ4n) is 3.62. The fraction of sp³-hybridized carbons (Fsp3) is 0.364. The first-order valence-corrected chi connectivity index (χ1v) is 9.00. The van der Waals surface area contributed by atoms with Crippen LogP contribution in [0.1, 0.15) is 45.0 Å². The van der Waals surface area contributed by atoms with Gasteiger partial charge >= 0.3 is 0 Å². The van der Waals surface area contributed by atoms with Gasteiger partial charge in [0.1, 0.15) is 5.75 Å². The smallest absolute Gasteiger partial charge is 0.122 e. The summed E-state index contributed by atoms with van der Waals surface area (Å²) in [4.78, 5) is 0. The monoisotopic (exact) mass is 353 g/mol. The summed E-state index contributed by atoms with van der Waals surface area (Å²) in [7, 11) is 1.69. The molecule has 0 radical (unpaired) electrons. The van der Waals surface area contributed by atoms with Gasteiger partial charge < -0.3 is 20.3 Å². The van der Waals surface area contributed by atoms with Gasteiger partial charge in [0, 0.05) is 6.54 Å². The molecule has 0 fully saturated rings. The zero-order valence-corrected chi connectivity index (χ0v) is 15.7. The van der Waals surface area contributed by atoms with Crippen molar-refractivity contribution in [2.24, 2.45) is 0 Å². The zero-order valence-electron chi connectivity index (χ0n) is 15.7. The summed E-state index contributed by atoms with van der Waals surface area (Å²) in [5, 5.41) is 22.7. The van der Waals surface area contributed by atoms with E-state index in [2.05, 4.69) is 36.5 Å². The molecule has 0 saturated heterocycles. The molecule has 1 aliphatic heterocycles. The van der Waals surface area contributed by atoms with Gasteiger partial charge in [0.25, 0.3) is 0 Å². The Morgan fingerprint density at radius 3 is 2.50 bits per heavy atom. The summed E-state index contributed by atoms with van der Waals surface area (Å²) in [6.45, 7) is 4.93. The Hall–Kier alpha value is -2.14. The van der Waals surface area contributed by atoms with E-state index in [1.165, 1.54) is 22.3 Å². The lowest BCUT2D eigenvalue weighted by Gasteiger charge is -2.26. The molecular weight excluding hydrogens is 326 g/mol. The van der Waals surface area contributed by atoms with Crippen LogP contribution in [0.3, 0.4) is 0 Å². The normalized spacial score (nSPS) is 16.7. The number of aryl methyl sites for hydroxylation is 2. The van der Waals surface area contributed by atoms with Gasteiger partial charge in [-0.15, -0.1) is 0 Å². The molecule has 0 aliphatic carbocycles. The number of fused-ring (bicyclic) bond motifs is 1. The van der Waals surface area contributed by atoms with Crippen molar-refractivity contribution in [2.75, 3.05) is 13.7 Å². The molecule has 1 atom stereocenters. The minimum absolute atomic E-state index is 0.0403. The molecule has 3 rings (SSSR count). The third-order valence-electron chi connectivity index (χ3n) is 5.15. The molecule has 0 saturated carbocycles. The third-order valence-corrected chi connectivity index (χ3v) is 5.15. The molecule has 0 aromatic heterocycles. The first kappa shape index (κ1) is 18.6. The van der Waals surface area contributed by atoms with Crippen molar-refractivity contribution >= 4 is 6.08 Å². The van der Waals surface area contributed by atoms with Crippen LogP contribution in [0, 0.1) is 13.8 Å². The number of methoxy groups -OCH3 is 1. The van der Waals surface area contributed by atoms with Crippen molar-refractivity contribution in [3.05, 3.63) is 69.3 Å². The predicted octanol–water partition coefficient (Wildman–Crippen LogP) is 3.20. The van der Waals surface area contributed by atoms with E-state index < -0.39 is 0 Å². The zero-order chi connectivity index (χ0) is 18.7. The van der Waals surface area contributed by atoms with Crippen molar-refractivity contribution in [1.82, 2.24) is 5.32 Å². The van der Waals surface area contributed by atoms with Crippen molar-refractivity contribution in [3.63, 3.8) is 0 Å². The molecule has 0 spiro atoms. The fourth-order valence-corrected chi connectivity index (χ4v) is 3.62. The number of rotatable bonds is 5. The van der Waals surface area contributed by atoms with E-state index in [0.29, 0.717) is 0 Å². The molecular formula is C22H27NO3. The Bertz CT molecular complexity index is 827. The van der Waals surface area contributed by atoms with Crippen LogP contribution in [0.25, 0.3) is 6.08 Å². The Balaban J connectivity index is 1.93. The molecule has 26 heavy (non-hydrogen) atoms. The number of aliphatic hydroxyl groups is 2. The highest BCUT2D eigenvalue weighted by Crippen LogP contribution is 2.29. The molecule has 138 valence electrons. The summed E-state index contributed by atoms with van der Waals surface area (Å²) in [5.74, 6) is 0.907. The standard InChI is InChI=1S/C22H27NO3/c1-14-9-22(26-3)15(2)8-16(14)4-5-21-20-11-19(13-25)18(12-24)10-17(20)6-7-23-21/h4-5,8-11,21,23-25H,6-7,12-13H2,1-3H3/b5-4+. The first-order chi connectivity index (χ1) is 12.6. The number of benzene rings is 2. The Morgan fingerprint density at radius 2 is 1.81 bits per heavy atom. The Labute approximate surface area is 155 Å². The third kappa shape index (κ3) is 3.68. The van der Waals surface area contributed by atoms with E-state index in [-0.39, 0.29) is 19.3 Å². The summed E-state index contributed by atoms with van der Waals surface area (Å²) in [6, 6.07) is 8.36. The highest BCUT2D eigenvalue weighted by Gasteiger charge is 2.19. The largest absolute Gasteiger partial charge is 0.496 e. The average Bonchev–Trinajstić information content (AvgIpc) is 2.66. The quantitative estimate of drug-likeness (QED) is 0.772. The summed E-state index contributed by atoms with van der Waals surface area (Å²) in [5.41, 5.74) is 7.49. The van der Waals surface area contributed by atoms with Crippen LogP contribution in [0.5, 0.6) is 5.75 Å². The molecule has 2 aromatic rings. The topological polar surface area (TPSA) is 61.7 Å². The number of aliphatic hydroxyl groups excluding tert-OH is 2. The van der Waals surface area contributed by atoms with Gasteiger partial charge in [0.15, 0.2) is 0 Å². The molecule has 1 aliphatic rings. The van der Waals surface area contributed by atoms with Crippen LogP contribution >= 0.6 is 0 Å². The van der Waals surface area contributed by atoms with E-state index in [0.717, 1.165) is 35.4 Å². The molecule has 4 heteroatoms. The van der Waals surface area contributed by atoms with Gasteiger partial charge in [-0.3, -0.25) is 0 Å². The average molecular weight is 353 g/mol. The van der Waals surface area contributed by atoms with E-state index in [9.17, 15) is 10.2 Å². The predicted molar refractivity (Wildman–Crippen MR) is 104 cm³/mol. The van der Waals surface area contributed by atoms with Crippen molar-refractivity contribution < 1.29 is 14.9 Å². The molecule has 1 unspecified atom stereocenters. The van der Waals surface area contributed by atoms with Crippen LogP contribution in [0.2, 0.25) is 0 Å². The minimum Gasteiger partial charge on any atom is -0.496 e. The lowest BCUT2D eigenvalue weighted by Crippen LogP contribution is -2.29. The van der Waals surface area contributed by atoms with Gasteiger partial charge in [-0.05, 0) is 71.3 Å². The highest BCUT2D eigenvalue weighted by molar-refractivity contribution is 5.59. The summed E-state index contributed by atoms with van der Waals surface area (Å²) in [6.07, 6.45) is 5.25. The summed E-state index contributed by atoms with van der Waals surface area (Å²) >= 11 is 0. The lowest BCUT2D eigenvalue weighted by molar-refractivity contribution is 0.259. The van der Waals surface area contributed by atoms with E-state index >= 15 is 0 Å². The highest BCUT2D eigenvalue weighted by atomic mass is 16.5. The van der Waals surface area contributed by atoms with Crippen LogP contribution in [-0.2, 0) is 19.6 Å². The molecule has 3 N–H and O–H groups in total. The second-order valence-corrected chi connectivity index (χ2v) is 6.86. The van der Waals surface area contributed by atoms with Gasteiger partial charge in [-0.1, -0.05) is 24.3 Å². The van der Waals surface area contributed by atoms with Gasteiger partial charge in [0.05, 0.1) is 26.4 Å². The summed E-state index contributed by atoms with van der Waals surface area (Å²) < 4.78 is 5.39. The van der Waals surface area contributed by atoms with E-state index in [4.69, 9.17) is 4.74 Å². The lowest BCUT2D eigenvalue weighted by atomic mass is 9.89. The number of hydrogen-bond donors (Lipinski definition) is 3. The molecule has 1 heterocycles. The SMILES string of the molecule is COc1cc(C)c(/C=C/C2NCCc3cc(CO)c(CO)cc32)cc1C. The van der Waals surface area contributed by atoms with Gasteiger partial charge in [0.2, 0.25) is 0 Å².